The number of amides is 1. The molecular weight excluding hydrogens is 274 g/mol. The Morgan fingerprint density at radius 3 is 2.55 bits per heavy atom. The molecule has 0 spiro atoms. The molecule has 1 saturated heterocycles. The smallest absolute Gasteiger partial charge is 0.248 e. The third-order valence-corrected chi connectivity index (χ3v) is 4.24. The maximum absolute atomic E-state index is 11.2. The summed E-state index contributed by atoms with van der Waals surface area (Å²) in [4.78, 5) is 13.4. The van der Waals surface area contributed by atoms with Crippen molar-refractivity contribution in [2.45, 2.75) is 25.7 Å². The molecule has 1 amide bonds. The lowest BCUT2D eigenvalue weighted by atomic mass is 9.90. The maximum Gasteiger partial charge on any atom is 0.248 e. The molecule has 110 valence electrons. The normalized spacial score (nSPS) is 17.1. The highest BCUT2D eigenvalue weighted by Crippen LogP contribution is 2.22. The molecule has 1 aromatic rings. The van der Waals surface area contributed by atoms with E-state index in [1.807, 2.05) is 12.1 Å². The Balaban J connectivity index is 1.69. The van der Waals surface area contributed by atoms with Crippen molar-refractivity contribution in [1.82, 2.24) is 10.3 Å². The molecule has 1 aromatic carbocycles. The van der Waals surface area contributed by atoms with E-state index in [4.69, 9.17) is 17.4 Å². The van der Waals surface area contributed by atoms with E-state index in [1.54, 1.807) is 0 Å². The number of hydrogen-bond donors (Lipinski definition) is 2. The van der Waals surface area contributed by atoms with Crippen LogP contribution in [0.4, 0.5) is 0 Å². The van der Waals surface area contributed by atoms with Gasteiger partial charge in [-0.3, -0.25) is 15.1 Å². The van der Waals surface area contributed by atoms with Crippen LogP contribution in [0, 0.1) is 5.92 Å². The molecule has 0 radical (unpaired) electrons. The molecule has 1 fully saturated rings. The summed E-state index contributed by atoms with van der Waals surface area (Å²) < 4.78 is 0. The highest BCUT2D eigenvalue weighted by molar-refractivity contribution is 6.30. The molecule has 20 heavy (non-hydrogen) atoms. The van der Waals surface area contributed by atoms with E-state index in [1.165, 1.54) is 12.0 Å². The van der Waals surface area contributed by atoms with Gasteiger partial charge < -0.3 is 0 Å². The van der Waals surface area contributed by atoms with Crippen LogP contribution in [-0.2, 0) is 11.2 Å². The minimum Gasteiger partial charge on any atom is -0.294 e. The molecule has 0 bridgehead atoms. The molecule has 1 aliphatic rings. The summed E-state index contributed by atoms with van der Waals surface area (Å²) in [5, 5.41) is 0.792. The van der Waals surface area contributed by atoms with Gasteiger partial charge in [0.25, 0.3) is 0 Å². The average Bonchev–Trinajstić information content (AvgIpc) is 2.48. The van der Waals surface area contributed by atoms with E-state index in [-0.39, 0.29) is 5.91 Å². The van der Waals surface area contributed by atoms with Crippen LogP contribution in [-0.4, -0.2) is 30.4 Å². The first-order valence-electron chi connectivity index (χ1n) is 7.13. The fraction of sp³-hybridized carbons (Fsp3) is 0.533. The third kappa shape index (κ3) is 4.78. The van der Waals surface area contributed by atoms with Gasteiger partial charge in [0.15, 0.2) is 0 Å². The standard InChI is InChI=1S/C15H22ClN3O/c16-14-5-3-12(4-6-14)1-2-13-7-9-19(10-8-13)11-15(20)18-17/h3-6,13H,1-2,7-11,17H2,(H,18,20). The first kappa shape index (κ1) is 15.3. The molecule has 5 heteroatoms. The predicted molar refractivity (Wildman–Crippen MR) is 81.3 cm³/mol. The topological polar surface area (TPSA) is 58.4 Å². The van der Waals surface area contributed by atoms with Crippen LogP contribution in [0.5, 0.6) is 0 Å². The number of rotatable bonds is 5. The first-order valence-corrected chi connectivity index (χ1v) is 7.51. The van der Waals surface area contributed by atoms with E-state index in [0.29, 0.717) is 6.54 Å². The molecule has 0 aromatic heterocycles. The number of nitrogens with two attached hydrogens (primary N) is 1. The minimum atomic E-state index is -0.107. The Morgan fingerprint density at radius 1 is 1.30 bits per heavy atom. The highest BCUT2D eigenvalue weighted by atomic mass is 35.5. The number of nitrogens with zero attached hydrogens (tertiary/aromatic N) is 1. The molecule has 4 nitrogen and oxygen atoms in total. The second-order valence-electron chi connectivity index (χ2n) is 5.45. The number of likely N-dealkylation sites (tertiary alicyclic amines) is 1. The van der Waals surface area contributed by atoms with Gasteiger partial charge in [0.2, 0.25) is 5.91 Å². The van der Waals surface area contributed by atoms with Crippen LogP contribution in [0.2, 0.25) is 5.02 Å². The van der Waals surface area contributed by atoms with E-state index in [0.717, 1.165) is 43.3 Å². The third-order valence-electron chi connectivity index (χ3n) is 3.99. The van der Waals surface area contributed by atoms with Gasteiger partial charge in [-0.1, -0.05) is 23.7 Å². The number of halogens is 1. The summed E-state index contributed by atoms with van der Waals surface area (Å²) in [6.45, 7) is 2.39. The summed E-state index contributed by atoms with van der Waals surface area (Å²) in [5.41, 5.74) is 3.53. The Kier molecular flexibility index (Phi) is 5.83. The lowest BCUT2D eigenvalue weighted by Crippen LogP contribution is -2.43. The molecule has 2 rings (SSSR count). The zero-order valence-electron chi connectivity index (χ0n) is 11.6. The quantitative estimate of drug-likeness (QED) is 0.496. The maximum atomic E-state index is 11.2. The number of aryl methyl sites for hydroxylation is 1. The van der Waals surface area contributed by atoms with Gasteiger partial charge in [0.05, 0.1) is 6.54 Å². The van der Waals surface area contributed by atoms with Gasteiger partial charge in [0, 0.05) is 5.02 Å². The molecule has 0 unspecified atom stereocenters. The van der Waals surface area contributed by atoms with Crippen molar-refractivity contribution in [3.05, 3.63) is 34.9 Å². The second kappa shape index (κ2) is 7.62. The average molecular weight is 296 g/mol. The van der Waals surface area contributed by atoms with Crippen molar-refractivity contribution in [2.75, 3.05) is 19.6 Å². The molecule has 1 aliphatic heterocycles. The molecule has 0 aliphatic carbocycles. The van der Waals surface area contributed by atoms with Gasteiger partial charge in [-0.05, 0) is 62.4 Å². The number of piperidine rings is 1. The fourth-order valence-corrected chi connectivity index (χ4v) is 2.83. The largest absolute Gasteiger partial charge is 0.294 e. The summed E-state index contributed by atoms with van der Waals surface area (Å²) in [5.74, 6) is 5.75. The SMILES string of the molecule is NNC(=O)CN1CCC(CCc2ccc(Cl)cc2)CC1. The van der Waals surface area contributed by atoms with Crippen molar-refractivity contribution in [3.63, 3.8) is 0 Å². The van der Waals surface area contributed by atoms with Gasteiger partial charge in [-0.25, -0.2) is 5.84 Å². The molecular formula is C15H22ClN3O. The lowest BCUT2D eigenvalue weighted by molar-refractivity contribution is -0.122. The van der Waals surface area contributed by atoms with Crippen LogP contribution in [0.1, 0.15) is 24.8 Å². The molecule has 1 heterocycles. The number of hydrogen-bond acceptors (Lipinski definition) is 3. The van der Waals surface area contributed by atoms with Crippen molar-refractivity contribution in [3.8, 4) is 0 Å². The number of benzene rings is 1. The van der Waals surface area contributed by atoms with Gasteiger partial charge >= 0.3 is 0 Å². The summed E-state index contributed by atoms with van der Waals surface area (Å²) in [7, 11) is 0. The van der Waals surface area contributed by atoms with Crippen LogP contribution >= 0.6 is 11.6 Å². The van der Waals surface area contributed by atoms with Gasteiger partial charge in [0.1, 0.15) is 0 Å². The van der Waals surface area contributed by atoms with Gasteiger partial charge in [-0.15, -0.1) is 0 Å². The van der Waals surface area contributed by atoms with Crippen LogP contribution in [0.3, 0.4) is 0 Å². The Hall–Kier alpha value is -1.10. The minimum absolute atomic E-state index is 0.107. The van der Waals surface area contributed by atoms with Crippen molar-refractivity contribution in [1.29, 1.82) is 0 Å². The van der Waals surface area contributed by atoms with Crippen LogP contribution < -0.4 is 11.3 Å². The van der Waals surface area contributed by atoms with E-state index in [9.17, 15) is 4.79 Å². The Morgan fingerprint density at radius 2 is 1.95 bits per heavy atom. The van der Waals surface area contributed by atoms with Crippen molar-refractivity contribution >= 4 is 17.5 Å². The molecule has 0 atom stereocenters. The van der Waals surface area contributed by atoms with E-state index < -0.39 is 0 Å². The van der Waals surface area contributed by atoms with E-state index >= 15 is 0 Å². The van der Waals surface area contributed by atoms with Crippen molar-refractivity contribution in [2.24, 2.45) is 11.8 Å². The Bertz CT molecular complexity index is 427. The number of nitrogens with one attached hydrogen (secondary N) is 1. The van der Waals surface area contributed by atoms with E-state index in [2.05, 4.69) is 22.5 Å². The monoisotopic (exact) mass is 295 g/mol. The van der Waals surface area contributed by atoms with Crippen LogP contribution in [0.25, 0.3) is 0 Å². The summed E-state index contributed by atoms with van der Waals surface area (Å²) in [6, 6.07) is 8.10. The van der Waals surface area contributed by atoms with Crippen LogP contribution in [0.15, 0.2) is 24.3 Å². The van der Waals surface area contributed by atoms with Gasteiger partial charge in [-0.2, -0.15) is 0 Å². The first-order chi connectivity index (χ1) is 9.67. The second-order valence-corrected chi connectivity index (χ2v) is 5.89. The predicted octanol–water partition coefficient (Wildman–Crippen LogP) is 1.97. The summed E-state index contributed by atoms with van der Waals surface area (Å²) >= 11 is 5.88. The fourth-order valence-electron chi connectivity index (χ4n) is 2.70. The highest BCUT2D eigenvalue weighted by Gasteiger charge is 2.20. The Labute approximate surface area is 125 Å². The molecule has 0 saturated carbocycles. The summed E-state index contributed by atoms with van der Waals surface area (Å²) in [6.07, 6.45) is 4.63. The van der Waals surface area contributed by atoms with Crippen molar-refractivity contribution < 1.29 is 4.79 Å². The zero-order valence-corrected chi connectivity index (χ0v) is 12.4. The molecule has 3 N–H and O–H groups in total. The number of carbonyl (C=O) groups is 1. The number of hydrazine groups is 1. The zero-order chi connectivity index (χ0) is 14.4. The number of carbonyl (C=O) groups excluding carboxylic acids is 1. The lowest BCUT2D eigenvalue weighted by Gasteiger charge is -2.31.